The molecule has 0 aromatic carbocycles. The molecule has 2 aliphatic rings. The van der Waals surface area contributed by atoms with Crippen LogP contribution in [0.2, 0.25) is 0 Å². The van der Waals surface area contributed by atoms with Crippen LogP contribution in [0.5, 0.6) is 0 Å². The Morgan fingerprint density at radius 2 is 1.97 bits per heavy atom. The fraction of sp³-hybridized carbons (Fsp3) is 0.417. The van der Waals surface area contributed by atoms with E-state index in [4.69, 9.17) is 0 Å². The van der Waals surface area contributed by atoms with Crippen LogP contribution in [-0.4, -0.2) is 67.7 Å². The van der Waals surface area contributed by atoms with Gasteiger partial charge in [0, 0.05) is 68.1 Å². The number of pyridine rings is 1. The van der Waals surface area contributed by atoms with E-state index >= 15 is 0 Å². The Morgan fingerprint density at radius 1 is 1.22 bits per heavy atom. The maximum atomic E-state index is 14.4. The summed E-state index contributed by atoms with van der Waals surface area (Å²) in [7, 11) is 0. The van der Waals surface area contributed by atoms with E-state index in [-0.39, 0.29) is 6.04 Å². The van der Waals surface area contributed by atoms with Gasteiger partial charge in [0.1, 0.15) is 5.54 Å². The molecule has 3 aromatic rings. The number of hydrogen-bond acceptors (Lipinski definition) is 5. The lowest BCUT2D eigenvalue weighted by atomic mass is 9.83. The Morgan fingerprint density at radius 3 is 2.61 bits per heavy atom. The van der Waals surface area contributed by atoms with Gasteiger partial charge in [0.05, 0.1) is 24.3 Å². The maximum Gasteiger partial charge on any atom is 0.436 e. The molecule has 3 aromatic heterocycles. The zero-order chi connectivity index (χ0) is 25.5. The summed E-state index contributed by atoms with van der Waals surface area (Å²) in [4.78, 5) is 22.5. The van der Waals surface area contributed by atoms with E-state index in [2.05, 4.69) is 26.0 Å². The highest BCUT2D eigenvalue weighted by Crippen LogP contribution is 2.37. The molecule has 0 aliphatic carbocycles. The number of likely N-dealkylation sites (tertiary alicyclic amines) is 2. The molecule has 1 amide bonds. The first-order valence-corrected chi connectivity index (χ1v) is 11.5. The molecule has 12 heteroatoms. The predicted molar refractivity (Wildman–Crippen MR) is 120 cm³/mol. The Balaban J connectivity index is 1.22. The van der Waals surface area contributed by atoms with Crippen LogP contribution < -0.4 is 0 Å². The molecule has 0 atom stereocenters. The van der Waals surface area contributed by atoms with Crippen molar-refractivity contribution >= 4 is 5.91 Å². The Labute approximate surface area is 204 Å². The van der Waals surface area contributed by atoms with Crippen molar-refractivity contribution in [3.63, 3.8) is 0 Å². The monoisotopic (exact) mass is 501 g/mol. The number of hydrogen-bond donors (Lipinski definition) is 1. The summed E-state index contributed by atoms with van der Waals surface area (Å²) in [6.07, 6.45) is 4.75. The highest BCUT2D eigenvalue weighted by molar-refractivity contribution is 5.94. The second-order valence-electron chi connectivity index (χ2n) is 9.28. The minimum Gasteiger partial charge on any atom is -0.367 e. The van der Waals surface area contributed by atoms with Crippen LogP contribution >= 0.6 is 0 Å². The quantitative estimate of drug-likeness (QED) is 0.539. The first-order chi connectivity index (χ1) is 17.2. The van der Waals surface area contributed by atoms with Crippen LogP contribution in [0.1, 0.15) is 35.3 Å². The fourth-order valence-electron chi connectivity index (χ4n) is 5.10. The molecule has 2 saturated heterocycles. The van der Waals surface area contributed by atoms with E-state index in [0.717, 1.165) is 23.4 Å². The molecule has 0 bridgehead atoms. The molecule has 1 N–H and O–H groups in total. The Kier molecular flexibility index (Phi) is 6.04. The van der Waals surface area contributed by atoms with Gasteiger partial charge in [0.25, 0.3) is 5.91 Å². The van der Waals surface area contributed by atoms with Crippen molar-refractivity contribution in [1.82, 2.24) is 29.5 Å². The van der Waals surface area contributed by atoms with Crippen molar-refractivity contribution in [2.45, 2.75) is 37.0 Å². The van der Waals surface area contributed by atoms with Crippen LogP contribution in [0.15, 0.2) is 43.1 Å². The second kappa shape index (κ2) is 9.05. The van der Waals surface area contributed by atoms with Crippen molar-refractivity contribution in [2.24, 2.45) is 0 Å². The number of carbonyl (C=O) groups excluding carboxylic acids is 1. The third-order valence-corrected chi connectivity index (χ3v) is 7.06. The van der Waals surface area contributed by atoms with E-state index in [9.17, 15) is 27.6 Å². The van der Waals surface area contributed by atoms with Crippen molar-refractivity contribution in [2.75, 3.05) is 26.2 Å². The van der Waals surface area contributed by atoms with Gasteiger partial charge >= 0.3 is 6.18 Å². The molecule has 188 valence electrons. The number of aromatic nitrogens is 4. The van der Waals surface area contributed by atoms with Gasteiger partial charge in [-0.25, -0.2) is 9.37 Å². The molecule has 0 unspecified atom stereocenters. The number of alkyl halides is 3. The summed E-state index contributed by atoms with van der Waals surface area (Å²) in [6, 6.07) is 5.35. The van der Waals surface area contributed by atoms with Gasteiger partial charge in [-0.15, -0.1) is 0 Å². The van der Waals surface area contributed by atoms with Gasteiger partial charge in [0.15, 0.2) is 11.5 Å². The minimum absolute atomic E-state index is 0.147. The molecule has 0 spiro atoms. The Hall–Kier alpha value is -3.72. The number of H-pyrrole nitrogens is 1. The number of rotatable bonds is 5. The standard InChI is InChI=1S/C24H23F4N7O/c25-20-19(2-8-31-21(20)24(26,27)28)22(36)33-9-3-18(4-10-33)34-14-23(15-34,5-6-29)35-13-17(12-32-35)16-1-7-30-11-16/h1-2,7-8,11-13,18,30H,3-5,9-10,14-15H2. The molecule has 2 aliphatic heterocycles. The van der Waals surface area contributed by atoms with Gasteiger partial charge in [-0.1, -0.05) is 0 Å². The van der Waals surface area contributed by atoms with Crippen LogP contribution in [-0.2, 0) is 11.7 Å². The summed E-state index contributed by atoms with van der Waals surface area (Å²) in [5, 5.41) is 14.0. The fourth-order valence-corrected chi connectivity index (χ4v) is 5.10. The van der Waals surface area contributed by atoms with Crippen LogP contribution in [0.4, 0.5) is 17.6 Å². The average Bonchev–Trinajstić information content (AvgIpc) is 3.53. The Bertz CT molecular complexity index is 1280. The zero-order valence-electron chi connectivity index (χ0n) is 19.2. The molecule has 0 radical (unpaired) electrons. The second-order valence-corrected chi connectivity index (χ2v) is 9.28. The molecule has 5 rings (SSSR count). The van der Waals surface area contributed by atoms with E-state index in [0.29, 0.717) is 45.4 Å². The average molecular weight is 501 g/mol. The van der Waals surface area contributed by atoms with Crippen molar-refractivity contribution in [1.29, 1.82) is 5.26 Å². The molecular weight excluding hydrogens is 478 g/mol. The number of piperidine rings is 1. The van der Waals surface area contributed by atoms with Crippen LogP contribution in [0.25, 0.3) is 11.1 Å². The largest absolute Gasteiger partial charge is 0.436 e. The first kappa shape index (κ1) is 24.0. The van der Waals surface area contributed by atoms with Crippen molar-refractivity contribution in [3.05, 3.63) is 60.2 Å². The summed E-state index contributed by atoms with van der Waals surface area (Å²) in [6.45, 7) is 1.85. The molecule has 0 saturated carbocycles. The number of aromatic amines is 1. The molecule has 2 fully saturated rings. The molecular formula is C24H23F4N7O. The summed E-state index contributed by atoms with van der Waals surface area (Å²) in [5.41, 5.74) is -0.782. The van der Waals surface area contributed by atoms with Gasteiger partial charge in [-0.05, 0) is 25.0 Å². The van der Waals surface area contributed by atoms with E-state index in [1.165, 1.54) is 4.90 Å². The lowest BCUT2D eigenvalue weighted by Gasteiger charge is -2.53. The number of halogens is 4. The highest BCUT2D eigenvalue weighted by atomic mass is 19.4. The lowest BCUT2D eigenvalue weighted by molar-refractivity contribution is -0.143. The zero-order valence-corrected chi connectivity index (χ0v) is 19.2. The van der Waals surface area contributed by atoms with Gasteiger partial charge in [0.2, 0.25) is 0 Å². The predicted octanol–water partition coefficient (Wildman–Crippen LogP) is 3.66. The number of nitrogens with one attached hydrogen (secondary N) is 1. The summed E-state index contributed by atoms with van der Waals surface area (Å²) >= 11 is 0. The lowest BCUT2D eigenvalue weighted by Crippen LogP contribution is -2.66. The number of nitrogens with zero attached hydrogens (tertiary/aromatic N) is 6. The van der Waals surface area contributed by atoms with Gasteiger partial charge in [-0.2, -0.15) is 23.5 Å². The third-order valence-electron chi connectivity index (χ3n) is 7.06. The van der Waals surface area contributed by atoms with Crippen molar-refractivity contribution in [3.8, 4) is 17.2 Å². The summed E-state index contributed by atoms with van der Waals surface area (Å²) < 4.78 is 55.2. The smallest absolute Gasteiger partial charge is 0.367 e. The maximum absolute atomic E-state index is 14.4. The third kappa shape index (κ3) is 4.24. The van der Waals surface area contributed by atoms with Crippen LogP contribution in [0, 0.1) is 17.1 Å². The van der Waals surface area contributed by atoms with Crippen LogP contribution in [0.3, 0.4) is 0 Å². The van der Waals surface area contributed by atoms with Gasteiger partial charge < -0.3 is 9.88 Å². The van der Waals surface area contributed by atoms with Crippen molar-refractivity contribution < 1.29 is 22.4 Å². The number of amides is 1. The normalized spacial score (nSPS) is 18.6. The highest BCUT2D eigenvalue weighted by Gasteiger charge is 2.48. The molecule has 36 heavy (non-hydrogen) atoms. The molecule has 8 nitrogen and oxygen atoms in total. The number of carbonyl (C=O) groups is 1. The SMILES string of the molecule is N#CCC1(n2cc(-c3cc[nH]c3)cn2)CN(C2CCN(C(=O)c3ccnc(C(F)(F)F)c3F)CC2)C1. The van der Waals surface area contributed by atoms with E-state index in [1.807, 2.05) is 29.3 Å². The van der Waals surface area contributed by atoms with Gasteiger partial charge in [-0.3, -0.25) is 14.4 Å². The minimum atomic E-state index is -4.97. The topological polar surface area (TPSA) is 93.8 Å². The summed E-state index contributed by atoms with van der Waals surface area (Å²) in [5.74, 6) is -2.41. The first-order valence-electron chi connectivity index (χ1n) is 11.5. The van der Waals surface area contributed by atoms with E-state index in [1.54, 1.807) is 6.20 Å². The number of nitriles is 1. The van der Waals surface area contributed by atoms with E-state index < -0.39 is 34.7 Å². The molecule has 5 heterocycles.